The van der Waals surface area contributed by atoms with Crippen molar-refractivity contribution in [2.24, 2.45) is 18.7 Å². The number of primary amides is 1. The van der Waals surface area contributed by atoms with Crippen LogP contribution in [0.3, 0.4) is 0 Å². The normalized spacial score (nSPS) is 12.8. The van der Waals surface area contributed by atoms with E-state index in [0.29, 0.717) is 22.6 Å². The lowest BCUT2D eigenvalue weighted by Gasteiger charge is -2.15. The maximum atomic E-state index is 13.7. The van der Waals surface area contributed by atoms with Gasteiger partial charge in [0.1, 0.15) is 15.4 Å². The topological polar surface area (TPSA) is 121 Å². The van der Waals surface area contributed by atoms with E-state index < -0.39 is 29.6 Å². The highest BCUT2D eigenvalue weighted by molar-refractivity contribution is 9.10. The number of aryl methyl sites for hydroxylation is 2. The van der Waals surface area contributed by atoms with Crippen LogP contribution in [0, 0.1) is 26.7 Å². The van der Waals surface area contributed by atoms with Crippen molar-refractivity contribution < 1.29 is 22.8 Å². The van der Waals surface area contributed by atoms with Gasteiger partial charge in [-0.25, -0.2) is 4.98 Å². The lowest BCUT2D eigenvalue weighted by atomic mass is 10.0. The van der Waals surface area contributed by atoms with Crippen LogP contribution >= 0.6 is 27.3 Å². The third-order valence-electron chi connectivity index (χ3n) is 6.14. The van der Waals surface area contributed by atoms with Crippen molar-refractivity contribution in [1.29, 1.82) is 0 Å². The van der Waals surface area contributed by atoms with Crippen molar-refractivity contribution in [2.45, 2.75) is 40.4 Å². The molecule has 0 radical (unpaired) electrons. The van der Waals surface area contributed by atoms with Gasteiger partial charge in [0.15, 0.2) is 0 Å². The van der Waals surface area contributed by atoms with E-state index in [1.165, 1.54) is 10.9 Å². The number of alkyl halides is 3. The van der Waals surface area contributed by atoms with Crippen molar-refractivity contribution in [1.82, 2.24) is 24.5 Å². The first-order chi connectivity index (χ1) is 17.2. The zero-order chi connectivity index (χ0) is 27.4. The van der Waals surface area contributed by atoms with Crippen LogP contribution in [0.5, 0.6) is 0 Å². The number of nitrogens with one attached hydrogen (secondary N) is 1. The SMILES string of the molecule is Cc1nn(CC(C)C(=O)Nc2c(C(N)=O)sc3nc(C(F)(F)F)cc(-c4cnn(C)c4C)c23)c(C)c1Br. The Labute approximate surface area is 222 Å². The zero-order valence-corrected chi connectivity index (χ0v) is 22.9. The van der Waals surface area contributed by atoms with E-state index >= 15 is 0 Å². The number of hydrogen-bond acceptors (Lipinski definition) is 6. The molecule has 0 saturated heterocycles. The van der Waals surface area contributed by atoms with Crippen LogP contribution in [0.4, 0.5) is 18.9 Å². The number of halogens is 4. The van der Waals surface area contributed by atoms with E-state index in [-0.39, 0.29) is 32.9 Å². The fourth-order valence-corrected chi connectivity index (χ4v) is 5.24. The Morgan fingerprint density at radius 2 is 1.89 bits per heavy atom. The van der Waals surface area contributed by atoms with Crippen molar-refractivity contribution in [3.63, 3.8) is 0 Å². The summed E-state index contributed by atoms with van der Waals surface area (Å²) >= 11 is 4.16. The number of rotatable bonds is 6. The number of nitrogens with two attached hydrogens (primary N) is 1. The number of hydrogen-bond donors (Lipinski definition) is 2. The van der Waals surface area contributed by atoms with E-state index in [1.807, 2.05) is 13.8 Å². The minimum Gasteiger partial charge on any atom is -0.365 e. The van der Waals surface area contributed by atoms with Crippen molar-refractivity contribution in [2.75, 3.05) is 5.32 Å². The van der Waals surface area contributed by atoms with Crippen molar-refractivity contribution in [3.05, 3.63) is 44.4 Å². The number of aromatic nitrogens is 5. The lowest BCUT2D eigenvalue weighted by Crippen LogP contribution is -2.26. The van der Waals surface area contributed by atoms with Gasteiger partial charge in [0.2, 0.25) is 5.91 Å². The Morgan fingerprint density at radius 1 is 1.22 bits per heavy atom. The Kier molecular flexibility index (Phi) is 6.92. The van der Waals surface area contributed by atoms with Gasteiger partial charge < -0.3 is 11.1 Å². The first-order valence-electron chi connectivity index (χ1n) is 11.0. The average molecular weight is 598 g/mol. The number of fused-ring (bicyclic) bond motifs is 1. The molecule has 4 aromatic rings. The molecule has 1 atom stereocenters. The minimum absolute atomic E-state index is 0.0263. The first kappa shape index (κ1) is 26.8. The van der Waals surface area contributed by atoms with Crippen molar-refractivity contribution in [3.8, 4) is 11.1 Å². The molecule has 0 aliphatic carbocycles. The van der Waals surface area contributed by atoms with Crippen LogP contribution in [0.2, 0.25) is 0 Å². The molecule has 196 valence electrons. The number of thiophene rings is 1. The minimum atomic E-state index is -4.73. The molecule has 0 fully saturated rings. The maximum Gasteiger partial charge on any atom is 0.433 e. The average Bonchev–Trinajstić information content (AvgIpc) is 3.43. The molecule has 1 unspecified atom stereocenters. The summed E-state index contributed by atoms with van der Waals surface area (Å²) in [6.45, 7) is 7.32. The van der Waals surface area contributed by atoms with E-state index in [0.717, 1.165) is 21.9 Å². The molecule has 0 aliphatic heterocycles. The van der Waals surface area contributed by atoms with Gasteiger partial charge in [-0.2, -0.15) is 23.4 Å². The van der Waals surface area contributed by atoms with Crippen LogP contribution in [0.15, 0.2) is 16.7 Å². The van der Waals surface area contributed by atoms with Gasteiger partial charge in [-0.1, -0.05) is 6.92 Å². The molecular weight excluding hydrogens is 575 g/mol. The van der Waals surface area contributed by atoms with Gasteiger partial charge >= 0.3 is 6.18 Å². The highest BCUT2D eigenvalue weighted by Gasteiger charge is 2.35. The molecule has 37 heavy (non-hydrogen) atoms. The number of anilines is 1. The summed E-state index contributed by atoms with van der Waals surface area (Å²) in [5.74, 6) is -1.96. The number of pyridine rings is 1. The molecule has 4 aromatic heterocycles. The Bertz CT molecular complexity index is 1550. The fourth-order valence-electron chi connectivity index (χ4n) is 3.95. The smallest absolute Gasteiger partial charge is 0.365 e. The molecule has 4 rings (SSSR count). The maximum absolute atomic E-state index is 13.7. The van der Waals surface area contributed by atoms with Crippen molar-refractivity contribution >= 4 is 55.0 Å². The molecular formula is C23H23BrF3N7O2S. The summed E-state index contributed by atoms with van der Waals surface area (Å²) in [4.78, 5) is 29.2. The number of carbonyl (C=O) groups excluding carboxylic acids is 2. The molecule has 0 bridgehead atoms. The second-order valence-corrected chi connectivity index (χ2v) is 10.5. The predicted octanol–water partition coefficient (Wildman–Crippen LogP) is 4.97. The van der Waals surface area contributed by atoms with Crippen LogP contribution in [-0.2, 0) is 24.6 Å². The van der Waals surface area contributed by atoms with E-state index in [9.17, 15) is 22.8 Å². The van der Waals surface area contributed by atoms with E-state index in [2.05, 4.69) is 36.4 Å². The summed E-state index contributed by atoms with van der Waals surface area (Å²) in [6.07, 6.45) is -3.30. The molecule has 14 heteroatoms. The molecule has 0 aromatic carbocycles. The van der Waals surface area contributed by atoms with Gasteiger partial charge in [0.25, 0.3) is 5.91 Å². The van der Waals surface area contributed by atoms with E-state index in [1.54, 1.807) is 25.6 Å². The monoisotopic (exact) mass is 597 g/mol. The molecule has 0 aliphatic rings. The summed E-state index contributed by atoms with van der Waals surface area (Å²) in [5.41, 5.74) is 7.22. The summed E-state index contributed by atoms with van der Waals surface area (Å²) in [6, 6.07) is 0.899. The van der Waals surface area contributed by atoms with Crippen LogP contribution in [0.25, 0.3) is 21.3 Å². The summed E-state index contributed by atoms with van der Waals surface area (Å²) < 4.78 is 45.2. The van der Waals surface area contributed by atoms with Gasteiger partial charge in [-0.05, 0) is 48.3 Å². The van der Waals surface area contributed by atoms with Gasteiger partial charge in [-0.15, -0.1) is 11.3 Å². The van der Waals surface area contributed by atoms with Crippen LogP contribution in [-0.4, -0.2) is 36.4 Å². The summed E-state index contributed by atoms with van der Waals surface area (Å²) in [5, 5.41) is 11.5. The number of carbonyl (C=O) groups is 2. The molecule has 9 nitrogen and oxygen atoms in total. The molecule has 0 spiro atoms. The van der Waals surface area contributed by atoms with Gasteiger partial charge in [0, 0.05) is 29.4 Å². The highest BCUT2D eigenvalue weighted by atomic mass is 79.9. The summed E-state index contributed by atoms with van der Waals surface area (Å²) in [7, 11) is 1.66. The van der Waals surface area contributed by atoms with Crippen LogP contribution in [0.1, 0.15) is 39.4 Å². The second-order valence-electron chi connectivity index (χ2n) is 8.73. The van der Waals surface area contributed by atoms with Gasteiger partial charge in [0.05, 0.1) is 34.5 Å². The van der Waals surface area contributed by atoms with Crippen LogP contribution < -0.4 is 11.1 Å². The fraction of sp³-hybridized carbons (Fsp3) is 0.348. The largest absolute Gasteiger partial charge is 0.433 e. The zero-order valence-electron chi connectivity index (χ0n) is 20.5. The predicted molar refractivity (Wildman–Crippen MR) is 137 cm³/mol. The third kappa shape index (κ3) is 4.87. The first-order valence-corrected chi connectivity index (χ1v) is 12.7. The highest BCUT2D eigenvalue weighted by Crippen LogP contribution is 2.44. The Hall–Kier alpha value is -3.26. The molecule has 0 saturated carbocycles. The Morgan fingerprint density at radius 3 is 2.41 bits per heavy atom. The second kappa shape index (κ2) is 9.56. The molecule has 3 N–H and O–H groups in total. The van der Waals surface area contributed by atoms with Gasteiger partial charge in [-0.3, -0.25) is 19.0 Å². The number of nitrogens with zero attached hydrogens (tertiary/aromatic N) is 5. The van der Waals surface area contributed by atoms with E-state index in [4.69, 9.17) is 5.73 Å². The lowest BCUT2D eigenvalue weighted by molar-refractivity contribution is -0.140. The Balaban J connectivity index is 1.85. The molecule has 4 heterocycles. The standard InChI is InChI=1S/C23H23BrF3N7O2S/c1-9(8-34-12(4)17(24)10(2)32-34)21(36)31-18-16-13(14-7-29-33(5)11(14)3)6-15(23(25,26)27)30-22(16)37-19(18)20(28)35/h6-7,9H,8H2,1-5H3,(H2,28,35)(H,31,36). The number of amides is 2. The molecule has 2 amide bonds. The quantitative estimate of drug-likeness (QED) is 0.325. The third-order valence-corrected chi connectivity index (χ3v) is 8.38.